The predicted molar refractivity (Wildman–Crippen MR) is 77.9 cm³/mol. The third kappa shape index (κ3) is 3.05. The van der Waals surface area contributed by atoms with Gasteiger partial charge in [-0.3, -0.25) is 9.59 Å². The minimum absolute atomic E-state index is 0.0301. The Balaban J connectivity index is 2.37. The van der Waals surface area contributed by atoms with E-state index in [1.54, 1.807) is 18.7 Å². The van der Waals surface area contributed by atoms with E-state index >= 15 is 0 Å². The first-order valence-electron chi connectivity index (χ1n) is 6.69. The molecule has 1 aromatic heterocycles. The van der Waals surface area contributed by atoms with Crippen molar-refractivity contribution < 1.29 is 19.1 Å². The Bertz CT molecular complexity index is 584. The van der Waals surface area contributed by atoms with Gasteiger partial charge in [-0.05, 0) is 13.8 Å². The summed E-state index contributed by atoms with van der Waals surface area (Å²) in [7, 11) is 0. The molecular weight excluding hydrogens is 294 g/mol. The second-order valence-electron chi connectivity index (χ2n) is 4.61. The molecule has 21 heavy (non-hydrogen) atoms. The fourth-order valence-electron chi connectivity index (χ4n) is 2.05. The Kier molecular flexibility index (Phi) is 4.56. The molecule has 1 aliphatic rings. The first-order valence-corrected chi connectivity index (χ1v) is 7.50. The van der Waals surface area contributed by atoms with E-state index < -0.39 is 5.97 Å². The highest BCUT2D eigenvalue weighted by Crippen LogP contribution is 2.29. The first-order chi connectivity index (χ1) is 9.95. The van der Waals surface area contributed by atoms with Gasteiger partial charge in [-0.25, -0.2) is 9.78 Å². The molecule has 1 fully saturated rings. The van der Waals surface area contributed by atoms with Crippen molar-refractivity contribution in [2.45, 2.75) is 26.8 Å². The van der Waals surface area contributed by atoms with Crippen LogP contribution in [-0.2, 0) is 9.53 Å². The topological polar surface area (TPSA) is 88.6 Å². The van der Waals surface area contributed by atoms with Gasteiger partial charge in [0.05, 0.1) is 6.61 Å². The largest absolute Gasteiger partial charge is 0.461 e. The van der Waals surface area contributed by atoms with E-state index in [0.717, 1.165) is 11.3 Å². The number of carbonyl (C=O) groups is 3. The predicted octanol–water partition coefficient (Wildman–Crippen LogP) is 0.847. The molecule has 1 unspecified atom stereocenters. The number of nitrogens with zero attached hydrogens (tertiary/aromatic N) is 2. The number of carbonyl (C=O) groups excluding carboxylic acids is 3. The van der Waals surface area contributed by atoms with Gasteiger partial charge in [-0.15, -0.1) is 0 Å². The van der Waals surface area contributed by atoms with E-state index in [-0.39, 0.29) is 34.9 Å². The number of esters is 1. The van der Waals surface area contributed by atoms with Crippen molar-refractivity contribution in [3.05, 3.63) is 10.6 Å². The number of hydrogen-bond acceptors (Lipinski definition) is 7. The summed E-state index contributed by atoms with van der Waals surface area (Å²) in [6.07, 6.45) is 0. The zero-order valence-corrected chi connectivity index (χ0v) is 13.0. The summed E-state index contributed by atoms with van der Waals surface area (Å²) in [5, 5.41) is 3.25. The molecule has 0 aromatic carbocycles. The van der Waals surface area contributed by atoms with Crippen LogP contribution in [0.3, 0.4) is 0 Å². The zero-order valence-electron chi connectivity index (χ0n) is 12.1. The SMILES string of the molecule is CCOC(=O)c1nc(N2CCNC(=O)C2C)sc1C(C)=O. The Hall–Kier alpha value is -1.96. The van der Waals surface area contributed by atoms with E-state index in [4.69, 9.17) is 4.74 Å². The Morgan fingerprint density at radius 2 is 2.24 bits per heavy atom. The molecule has 7 nitrogen and oxygen atoms in total. The third-order valence-corrected chi connectivity index (χ3v) is 4.34. The van der Waals surface area contributed by atoms with Crippen LogP contribution in [0.15, 0.2) is 0 Å². The minimum atomic E-state index is -0.612. The lowest BCUT2D eigenvalue weighted by Crippen LogP contribution is -2.54. The molecule has 0 bridgehead atoms. The minimum Gasteiger partial charge on any atom is -0.461 e. The summed E-state index contributed by atoms with van der Waals surface area (Å²) in [5.74, 6) is -0.950. The lowest BCUT2D eigenvalue weighted by atomic mass is 10.2. The molecule has 1 N–H and O–H groups in total. The molecule has 1 aliphatic heterocycles. The number of rotatable bonds is 4. The summed E-state index contributed by atoms with van der Waals surface area (Å²) in [4.78, 5) is 41.6. The second-order valence-corrected chi connectivity index (χ2v) is 5.59. The molecule has 2 rings (SSSR count). The van der Waals surface area contributed by atoms with E-state index in [9.17, 15) is 14.4 Å². The number of thiazole rings is 1. The van der Waals surface area contributed by atoms with E-state index in [2.05, 4.69) is 10.3 Å². The van der Waals surface area contributed by atoms with Crippen LogP contribution in [-0.4, -0.2) is 48.4 Å². The smallest absolute Gasteiger partial charge is 0.358 e. The lowest BCUT2D eigenvalue weighted by Gasteiger charge is -2.32. The van der Waals surface area contributed by atoms with Gasteiger partial charge < -0.3 is 15.0 Å². The molecular formula is C13H17N3O4S. The Labute approximate surface area is 126 Å². The van der Waals surface area contributed by atoms with Crippen LogP contribution in [0.25, 0.3) is 0 Å². The highest BCUT2D eigenvalue weighted by molar-refractivity contribution is 7.17. The van der Waals surface area contributed by atoms with Crippen molar-refractivity contribution >= 4 is 34.1 Å². The molecule has 1 atom stereocenters. The number of anilines is 1. The zero-order chi connectivity index (χ0) is 15.6. The monoisotopic (exact) mass is 311 g/mol. The molecule has 0 aliphatic carbocycles. The first kappa shape index (κ1) is 15.4. The van der Waals surface area contributed by atoms with Crippen LogP contribution in [0.5, 0.6) is 0 Å². The van der Waals surface area contributed by atoms with Crippen molar-refractivity contribution in [2.75, 3.05) is 24.6 Å². The quantitative estimate of drug-likeness (QED) is 0.655. The number of ketones is 1. The van der Waals surface area contributed by atoms with Crippen molar-refractivity contribution in [3.8, 4) is 0 Å². The van der Waals surface area contributed by atoms with Crippen molar-refractivity contribution in [3.63, 3.8) is 0 Å². The maximum atomic E-state index is 11.9. The van der Waals surface area contributed by atoms with Crippen LogP contribution in [0.2, 0.25) is 0 Å². The molecule has 8 heteroatoms. The molecule has 1 amide bonds. The average molecular weight is 311 g/mol. The number of hydrogen-bond donors (Lipinski definition) is 1. The molecule has 1 saturated heterocycles. The maximum absolute atomic E-state index is 11.9. The van der Waals surface area contributed by atoms with Gasteiger partial charge in [0, 0.05) is 20.0 Å². The molecule has 0 radical (unpaired) electrons. The van der Waals surface area contributed by atoms with Crippen LogP contribution in [0.4, 0.5) is 5.13 Å². The number of amides is 1. The number of ether oxygens (including phenoxy) is 1. The van der Waals surface area contributed by atoms with Crippen LogP contribution in [0.1, 0.15) is 40.9 Å². The van der Waals surface area contributed by atoms with Gasteiger partial charge in [-0.1, -0.05) is 11.3 Å². The molecule has 114 valence electrons. The Morgan fingerprint density at radius 3 is 2.86 bits per heavy atom. The Morgan fingerprint density at radius 1 is 1.52 bits per heavy atom. The van der Waals surface area contributed by atoms with Crippen LogP contribution < -0.4 is 10.2 Å². The number of aromatic nitrogens is 1. The van der Waals surface area contributed by atoms with Gasteiger partial charge in [-0.2, -0.15) is 0 Å². The highest BCUT2D eigenvalue weighted by Gasteiger charge is 2.31. The molecule has 2 heterocycles. The summed E-state index contributed by atoms with van der Waals surface area (Å²) in [5.41, 5.74) is 0.0301. The molecule has 0 spiro atoms. The van der Waals surface area contributed by atoms with Gasteiger partial charge in [0.25, 0.3) is 0 Å². The lowest BCUT2D eigenvalue weighted by molar-refractivity contribution is -0.122. The third-order valence-electron chi connectivity index (χ3n) is 3.15. The van der Waals surface area contributed by atoms with E-state index in [1.807, 2.05) is 0 Å². The van der Waals surface area contributed by atoms with Crippen molar-refractivity contribution in [2.24, 2.45) is 0 Å². The maximum Gasteiger partial charge on any atom is 0.358 e. The molecule has 0 saturated carbocycles. The van der Waals surface area contributed by atoms with Gasteiger partial charge in [0.2, 0.25) is 5.91 Å². The second kappa shape index (κ2) is 6.21. The van der Waals surface area contributed by atoms with Gasteiger partial charge >= 0.3 is 5.97 Å². The van der Waals surface area contributed by atoms with Crippen molar-refractivity contribution in [1.82, 2.24) is 10.3 Å². The number of piperazine rings is 1. The van der Waals surface area contributed by atoms with E-state index in [1.165, 1.54) is 6.92 Å². The molecule has 1 aromatic rings. The summed E-state index contributed by atoms with van der Waals surface area (Å²) in [6.45, 7) is 6.13. The highest BCUT2D eigenvalue weighted by atomic mass is 32.1. The fraction of sp³-hybridized carbons (Fsp3) is 0.538. The van der Waals surface area contributed by atoms with E-state index in [0.29, 0.717) is 18.2 Å². The van der Waals surface area contributed by atoms with Crippen molar-refractivity contribution in [1.29, 1.82) is 0 Å². The normalized spacial score (nSPS) is 18.3. The summed E-state index contributed by atoms with van der Waals surface area (Å²) in [6, 6.07) is -0.389. The summed E-state index contributed by atoms with van der Waals surface area (Å²) >= 11 is 1.12. The van der Waals surface area contributed by atoms with Gasteiger partial charge in [0.15, 0.2) is 16.6 Å². The van der Waals surface area contributed by atoms with Crippen LogP contribution in [0, 0.1) is 0 Å². The summed E-state index contributed by atoms with van der Waals surface area (Å²) < 4.78 is 4.92. The number of nitrogens with one attached hydrogen (secondary N) is 1. The number of Topliss-reactive ketones (excluding diaryl/α,β-unsaturated/α-hetero) is 1. The standard InChI is InChI=1S/C13H17N3O4S/c1-4-20-12(19)9-10(8(3)17)21-13(15-9)16-6-5-14-11(18)7(16)2/h7H,4-6H2,1-3H3,(H,14,18). The van der Waals surface area contributed by atoms with Gasteiger partial charge in [0.1, 0.15) is 10.9 Å². The van der Waals surface area contributed by atoms with Crippen LogP contribution >= 0.6 is 11.3 Å². The fourth-order valence-corrected chi connectivity index (χ4v) is 3.11. The average Bonchev–Trinajstić information content (AvgIpc) is 2.87.